The van der Waals surface area contributed by atoms with E-state index in [4.69, 9.17) is 0 Å². The Balaban J connectivity index is 2.45. The minimum atomic E-state index is -0.389. The first kappa shape index (κ1) is 9.42. The number of hydrogen-bond acceptors (Lipinski definition) is 4. The second-order valence-electron chi connectivity index (χ2n) is 2.67. The van der Waals surface area contributed by atoms with Crippen LogP contribution >= 0.6 is 24.4 Å². The Hall–Kier alpha value is 0.330. The molecule has 0 fully saturated rings. The minimum Gasteiger partial charge on any atom is -0.386 e. The van der Waals surface area contributed by atoms with Crippen LogP contribution in [0.1, 0.15) is 6.92 Å². The Bertz CT molecular complexity index is 161. The van der Waals surface area contributed by atoms with Crippen LogP contribution in [0.2, 0.25) is 0 Å². The molecule has 1 aliphatic rings. The Morgan fingerprint density at radius 1 is 1.82 bits per heavy atom. The summed E-state index contributed by atoms with van der Waals surface area (Å²) in [6, 6.07) is 0. The Morgan fingerprint density at radius 3 is 3.00 bits per heavy atom. The molecule has 0 aromatic rings. The third-order valence-electron chi connectivity index (χ3n) is 1.69. The lowest BCUT2D eigenvalue weighted by Crippen LogP contribution is -2.25. The van der Waals surface area contributed by atoms with Crippen molar-refractivity contribution < 1.29 is 5.11 Å². The third-order valence-corrected chi connectivity index (χ3v) is 3.32. The average molecular weight is 191 g/mol. The molecule has 1 N–H and O–H groups in total. The molecule has 0 bridgehead atoms. The summed E-state index contributed by atoms with van der Waals surface area (Å²) < 4.78 is 0. The first-order chi connectivity index (χ1) is 5.25. The predicted octanol–water partition coefficient (Wildman–Crippen LogP) is 1.06. The van der Waals surface area contributed by atoms with Crippen molar-refractivity contribution in [3.05, 3.63) is 0 Å². The molecule has 2 atom stereocenters. The molecule has 11 heavy (non-hydrogen) atoms. The van der Waals surface area contributed by atoms with Crippen molar-refractivity contribution in [1.82, 2.24) is 0 Å². The van der Waals surface area contributed by atoms with Gasteiger partial charge in [0.05, 0.1) is 5.04 Å². The lowest BCUT2D eigenvalue weighted by Gasteiger charge is -2.15. The van der Waals surface area contributed by atoms with E-state index in [1.54, 1.807) is 11.8 Å². The number of aliphatic hydroxyl groups excluding tert-OH is 1. The van der Waals surface area contributed by atoms with Crippen molar-refractivity contribution in [3.63, 3.8) is 0 Å². The largest absolute Gasteiger partial charge is 0.386 e. The van der Waals surface area contributed by atoms with Gasteiger partial charge in [-0.15, -0.1) is 11.8 Å². The monoisotopic (exact) mass is 191 g/mol. The van der Waals surface area contributed by atoms with E-state index in [0.717, 1.165) is 17.3 Å². The van der Waals surface area contributed by atoms with Crippen molar-refractivity contribution in [2.24, 2.45) is 10.9 Å². The van der Waals surface area contributed by atoms with Crippen LogP contribution in [0.25, 0.3) is 0 Å². The smallest absolute Gasteiger partial charge is 0.105 e. The predicted molar refractivity (Wildman–Crippen MR) is 53.8 cm³/mol. The van der Waals surface area contributed by atoms with Gasteiger partial charge in [-0.2, -0.15) is 12.6 Å². The van der Waals surface area contributed by atoms with Gasteiger partial charge in [-0.25, -0.2) is 0 Å². The highest BCUT2D eigenvalue weighted by atomic mass is 32.2. The fraction of sp³-hybridized carbons (Fsp3) is 0.857. The minimum absolute atomic E-state index is 0.211. The Morgan fingerprint density at radius 2 is 2.55 bits per heavy atom. The van der Waals surface area contributed by atoms with E-state index in [1.807, 2.05) is 6.92 Å². The maximum atomic E-state index is 9.62. The molecule has 0 saturated heterocycles. The van der Waals surface area contributed by atoms with Crippen LogP contribution in [0, 0.1) is 5.92 Å². The summed E-state index contributed by atoms with van der Waals surface area (Å²) in [7, 11) is 0. The first-order valence-corrected chi connectivity index (χ1v) is 5.33. The van der Waals surface area contributed by atoms with Gasteiger partial charge in [-0.1, -0.05) is 6.92 Å². The SMILES string of the molecule is CC(CS)C(O)C1=NCCS1. The topological polar surface area (TPSA) is 32.6 Å². The third kappa shape index (κ3) is 2.39. The van der Waals surface area contributed by atoms with Gasteiger partial charge in [0.1, 0.15) is 6.10 Å². The van der Waals surface area contributed by atoms with Crippen molar-refractivity contribution in [2.75, 3.05) is 18.1 Å². The lowest BCUT2D eigenvalue weighted by atomic mass is 10.1. The van der Waals surface area contributed by atoms with E-state index >= 15 is 0 Å². The molecule has 2 unspecified atom stereocenters. The number of rotatable bonds is 3. The zero-order valence-corrected chi connectivity index (χ0v) is 8.24. The maximum Gasteiger partial charge on any atom is 0.105 e. The van der Waals surface area contributed by atoms with Crippen LogP contribution < -0.4 is 0 Å². The molecule has 0 saturated carbocycles. The summed E-state index contributed by atoms with van der Waals surface area (Å²) in [5, 5.41) is 10.5. The van der Waals surface area contributed by atoms with E-state index in [9.17, 15) is 5.11 Å². The van der Waals surface area contributed by atoms with E-state index in [0.29, 0.717) is 5.75 Å². The van der Waals surface area contributed by atoms with Crippen LogP contribution in [-0.4, -0.2) is 34.3 Å². The molecule has 1 rings (SSSR count). The number of thioether (sulfide) groups is 1. The molecule has 0 aromatic heterocycles. The summed E-state index contributed by atoms with van der Waals surface area (Å²) in [6.45, 7) is 2.84. The van der Waals surface area contributed by atoms with Crippen molar-refractivity contribution in [1.29, 1.82) is 0 Å². The van der Waals surface area contributed by atoms with Crippen molar-refractivity contribution >= 4 is 29.4 Å². The van der Waals surface area contributed by atoms with Crippen LogP contribution in [0.15, 0.2) is 4.99 Å². The van der Waals surface area contributed by atoms with Crippen LogP contribution in [-0.2, 0) is 0 Å². The summed E-state index contributed by atoms with van der Waals surface area (Å²) >= 11 is 5.78. The molecule has 1 aliphatic heterocycles. The fourth-order valence-corrected chi connectivity index (χ4v) is 2.05. The highest BCUT2D eigenvalue weighted by Gasteiger charge is 2.21. The quantitative estimate of drug-likeness (QED) is 0.654. The summed E-state index contributed by atoms with van der Waals surface area (Å²) in [5.41, 5.74) is 0. The number of hydrogen-bond donors (Lipinski definition) is 2. The fourth-order valence-electron chi connectivity index (χ4n) is 0.874. The summed E-state index contributed by atoms with van der Waals surface area (Å²) in [6.07, 6.45) is -0.389. The van der Waals surface area contributed by atoms with Gasteiger partial charge in [0, 0.05) is 12.3 Å². The molecule has 2 nitrogen and oxygen atoms in total. The van der Waals surface area contributed by atoms with Gasteiger partial charge in [-0.05, 0) is 11.7 Å². The van der Waals surface area contributed by atoms with Crippen LogP contribution in [0.3, 0.4) is 0 Å². The molecule has 0 radical (unpaired) electrons. The molecular weight excluding hydrogens is 178 g/mol. The molecule has 4 heteroatoms. The van der Waals surface area contributed by atoms with E-state index in [1.165, 1.54) is 0 Å². The molecule has 0 aliphatic carbocycles. The lowest BCUT2D eigenvalue weighted by molar-refractivity contribution is 0.196. The van der Waals surface area contributed by atoms with Crippen molar-refractivity contribution in [3.8, 4) is 0 Å². The van der Waals surface area contributed by atoms with Gasteiger partial charge < -0.3 is 5.11 Å². The molecule has 0 aromatic carbocycles. The van der Waals surface area contributed by atoms with Gasteiger partial charge in [0.2, 0.25) is 0 Å². The molecule has 0 amide bonds. The Kier molecular flexibility index (Phi) is 3.75. The molecule has 1 heterocycles. The van der Waals surface area contributed by atoms with Crippen LogP contribution in [0.4, 0.5) is 0 Å². The molecule has 0 spiro atoms. The van der Waals surface area contributed by atoms with Crippen LogP contribution in [0.5, 0.6) is 0 Å². The second kappa shape index (κ2) is 4.38. The number of thiol groups is 1. The zero-order valence-electron chi connectivity index (χ0n) is 6.53. The Labute approximate surface area is 76.9 Å². The second-order valence-corrected chi connectivity index (χ2v) is 4.15. The van der Waals surface area contributed by atoms with E-state index in [-0.39, 0.29) is 12.0 Å². The van der Waals surface area contributed by atoms with Gasteiger partial charge in [0.15, 0.2) is 0 Å². The highest BCUT2D eigenvalue weighted by molar-refractivity contribution is 8.14. The van der Waals surface area contributed by atoms with Gasteiger partial charge >= 0.3 is 0 Å². The van der Waals surface area contributed by atoms with Gasteiger partial charge in [-0.3, -0.25) is 4.99 Å². The normalized spacial score (nSPS) is 23.0. The number of aliphatic hydroxyl groups is 1. The first-order valence-electron chi connectivity index (χ1n) is 3.71. The standard InChI is InChI=1S/C7H13NOS2/c1-5(4-10)6(9)7-8-2-3-11-7/h5-6,9-10H,2-4H2,1H3. The van der Waals surface area contributed by atoms with E-state index in [2.05, 4.69) is 17.6 Å². The van der Waals surface area contributed by atoms with Crippen molar-refractivity contribution in [2.45, 2.75) is 13.0 Å². The highest BCUT2D eigenvalue weighted by Crippen LogP contribution is 2.19. The number of nitrogens with zero attached hydrogens (tertiary/aromatic N) is 1. The average Bonchev–Trinajstić information content (AvgIpc) is 2.53. The summed E-state index contributed by atoms with van der Waals surface area (Å²) in [4.78, 5) is 4.20. The zero-order chi connectivity index (χ0) is 8.27. The molecular formula is C7H13NOS2. The van der Waals surface area contributed by atoms with Gasteiger partial charge in [0.25, 0.3) is 0 Å². The number of aliphatic imine (C=N–C) groups is 1. The molecule has 64 valence electrons. The summed E-state index contributed by atoms with van der Waals surface area (Å²) in [5.74, 6) is 1.94. The van der Waals surface area contributed by atoms with E-state index < -0.39 is 0 Å². The maximum absolute atomic E-state index is 9.62.